The van der Waals surface area contributed by atoms with Gasteiger partial charge in [0.05, 0.1) is 30.0 Å². The molecule has 0 spiro atoms. The highest BCUT2D eigenvalue weighted by atomic mass is 32.2. The molecule has 2 aliphatic heterocycles. The summed E-state index contributed by atoms with van der Waals surface area (Å²) in [5, 5.41) is 0.460. The number of carbonyl (C=O) groups is 5. The lowest BCUT2D eigenvalue weighted by Gasteiger charge is -2.23. The van der Waals surface area contributed by atoms with Crippen LogP contribution < -0.4 is 0 Å². The molecule has 0 radical (unpaired) electrons. The van der Waals surface area contributed by atoms with Gasteiger partial charge in [0.1, 0.15) is 0 Å². The summed E-state index contributed by atoms with van der Waals surface area (Å²) in [7, 11) is 1.25. The van der Waals surface area contributed by atoms with Gasteiger partial charge in [-0.15, -0.1) is 0 Å². The monoisotopic (exact) mass is 431 g/mol. The maximum absolute atomic E-state index is 12.7. The second-order valence-corrected chi connectivity index (χ2v) is 7.69. The third kappa shape index (κ3) is 4.23. The number of methoxy groups -OCH3 is 1. The molecule has 9 nitrogen and oxygen atoms in total. The van der Waals surface area contributed by atoms with Gasteiger partial charge in [0.2, 0.25) is 5.91 Å². The fourth-order valence-corrected chi connectivity index (χ4v) is 4.21. The first kappa shape index (κ1) is 21.6. The largest absolute Gasteiger partial charge is 0.466 e. The molecule has 2 heterocycles. The first-order valence-electron chi connectivity index (χ1n) is 9.32. The van der Waals surface area contributed by atoms with Gasteiger partial charge in [0.15, 0.2) is 0 Å². The second-order valence-electron chi connectivity index (χ2n) is 6.69. The minimum Gasteiger partial charge on any atom is -0.466 e. The van der Waals surface area contributed by atoms with Crippen molar-refractivity contribution in [1.29, 1.82) is 0 Å². The van der Waals surface area contributed by atoms with Crippen LogP contribution in [0.2, 0.25) is 0 Å². The van der Waals surface area contributed by atoms with E-state index in [4.69, 9.17) is 0 Å². The van der Waals surface area contributed by atoms with Gasteiger partial charge >= 0.3 is 23.8 Å². The van der Waals surface area contributed by atoms with Crippen LogP contribution in [0.4, 0.5) is 4.79 Å². The van der Waals surface area contributed by atoms with Crippen LogP contribution in [0.1, 0.15) is 24.9 Å². The summed E-state index contributed by atoms with van der Waals surface area (Å²) in [5.74, 6) is -2.29. The zero-order valence-corrected chi connectivity index (χ0v) is 17.4. The third-order valence-electron chi connectivity index (χ3n) is 4.87. The predicted octanol–water partition coefficient (Wildman–Crippen LogP) is 1.52. The number of thioether (sulfide) groups is 1. The van der Waals surface area contributed by atoms with Crippen molar-refractivity contribution in [3.8, 4) is 0 Å². The summed E-state index contributed by atoms with van der Waals surface area (Å²) in [6, 6.07) is 7.72. The average Bonchev–Trinajstić information content (AvgIpc) is 3.19. The SMILES string of the molecule is COC(=O)/C=C1\SCC(=O)N1CCCN1C(=O)C(=O)N([C@H](C)c2ccccc2)C1=O. The molecule has 30 heavy (non-hydrogen) atoms. The number of ether oxygens (including phenoxy) is 1. The minimum absolute atomic E-state index is 0.0125. The number of amides is 5. The number of imide groups is 2. The van der Waals surface area contributed by atoms with Gasteiger partial charge in [-0.3, -0.25) is 19.3 Å². The Morgan fingerprint density at radius 1 is 1.10 bits per heavy atom. The molecule has 3 rings (SSSR count). The Morgan fingerprint density at radius 2 is 1.77 bits per heavy atom. The number of urea groups is 1. The highest BCUT2D eigenvalue weighted by Gasteiger charge is 2.46. The zero-order valence-electron chi connectivity index (χ0n) is 16.6. The van der Waals surface area contributed by atoms with Crippen LogP contribution in [0.15, 0.2) is 41.4 Å². The Hall–Kier alpha value is -3.14. The molecule has 0 unspecified atom stereocenters. The van der Waals surface area contributed by atoms with Crippen molar-refractivity contribution < 1.29 is 28.7 Å². The van der Waals surface area contributed by atoms with Crippen molar-refractivity contribution in [3.63, 3.8) is 0 Å². The van der Waals surface area contributed by atoms with E-state index < -0.39 is 29.9 Å². The summed E-state index contributed by atoms with van der Waals surface area (Å²) in [6.07, 6.45) is 1.50. The van der Waals surface area contributed by atoms with Gasteiger partial charge in [0, 0.05) is 13.1 Å². The first-order valence-corrected chi connectivity index (χ1v) is 10.3. The van der Waals surface area contributed by atoms with Crippen molar-refractivity contribution >= 4 is 41.5 Å². The lowest BCUT2D eigenvalue weighted by Crippen LogP contribution is -2.36. The number of hydrogen-bond donors (Lipinski definition) is 0. The van der Waals surface area contributed by atoms with E-state index in [1.807, 2.05) is 6.07 Å². The van der Waals surface area contributed by atoms with Crippen molar-refractivity contribution in [2.75, 3.05) is 26.0 Å². The Kier molecular flexibility index (Phi) is 6.56. The number of benzene rings is 1. The molecule has 0 aromatic heterocycles. The number of esters is 1. The molecule has 0 bridgehead atoms. The molecule has 0 saturated carbocycles. The van der Waals surface area contributed by atoms with E-state index in [-0.39, 0.29) is 31.2 Å². The molecule has 5 amide bonds. The fraction of sp³-hybridized carbons (Fsp3) is 0.350. The van der Waals surface area contributed by atoms with E-state index in [1.54, 1.807) is 31.2 Å². The van der Waals surface area contributed by atoms with Crippen LogP contribution >= 0.6 is 11.8 Å². The van der Waals surface area contributed by atoms with E-state index in [2.05, 4.69) is 4.74 Å². The fourth-order valence-electron chi connectivity index (χ4n) is 3.26. The van der Waals surface area contributed by atoms with Gasteiger partial charge in [-0.05, 0) is 18.9 Å². The Bertz CT molecular complexity index is 916. The molecule has 1 aromatic rings. The number of hydrogen-bond acceptors (Lipinski definition) is 7. The van der Waals surface area contributed by atoms with Gasteiger partial charge in [-0.25, -0.2) is 14.5 Å². The smallest absolute Gasteiger partial charge is 0.334 e. The van der Waals surface area contributed by atoms with Gasteiger partial charge < -0.3 is 9.64 Å². The molecular weight excluding hydrogens is 410 g/mol. The summed E-state index contributed by atoms with van der Waals surface area (Å²) < 4.78 is 4.58. The summed E-state index contributed by atoms with van der Waals surface area (Å²) in [4.78, 5) is 64.3. The van der Waals surface area contributed by atoms with Crippen LogP contribution in [-0.2, 0) is 23.9 Å². The number of carbonyl (C=O) groups excluding carboxylic acids is 5. The molecule has 2 saturated heterocycles. The first-order chi connectivity index (χ1) is 14.3. The summed E-state index contributed by atoms with van der Waals surface area (Å²) in [5.41, 5.74) is 0.742. The maximum Gasteiger partial charge on any atom is 0.334 e. The molecule has 2 aliphatic rings. The van der Waals surface area contributed by atoms with Gasteiger partial charge in [-0.1, -0.05) is 42.1 Å². The number of nitrogens with zero attached hydrogens (tertiary/aromatic N) is 3. The normalized spacial score (nSPS) is 19.3. The second kappa shape index (κ2) is 9.12. The van der Waals surface area contributed by atoms with E-state index in [1.165, 1.54) is 29.8 Å². The van der Waals surface area contributed by atoms with Crippen LogP contribution in [0.5, 0.6) is 0 Å². The van der Waals surface area contributed by atoms with Crippen molar-refractivity contribution in [1.82, 2.24) is 14.7 Å². The van der Waals surface area contributed by atoms with Gasteiger partial charge in [-0.2, -0.15) is 0 Å². The molecule has 0 aliphatic carbocycles. The van der Waals surface area contributed by atoms with Crippen LogP contribution in [0, 0.1) is 0 Å². The minimum atomic E-state index is -0.879. The summed E-state index contributed by atoms with van der Waals surface area (Å²) >= 11 is 1.22. The maximum atomic E-state index is 12.7. The lowest BCUT2D eigenvalue weighted by atomic mass is 10.1. The quantitative estimate of drug-likeness (QED) is 0.279. The molecule has 2 fully saturated rings. The van der Waals surface area contributed by atoms with Crippen LogP contribution in [-0.4, -0.2) is 70.4 Å². The van der Waals surface area contributed by atoms with E-state index >= 15 is 0 Å². The topological polar surface area (TPSA) is 104 Å². The van der Waals surface area contributed by atoms with Crippen molar-refractivity contribution in [2.24, 2.45) is 0 Å². The molecule has 10 heteroatoms. The highest BCUT2D eigenvalue weighted by molar-refractivity contribution is 8.04. The van der Waals surface area contributed by atoms with E-state index in [0.717, 1.165) is 15.4 Å². The Morgan fingerprint density at radius 3 is 2.43 bits per heavy atom. The molecular formula is C20H21N3O6S. The molecule has 1 atom stereocenters. The lowest BCUT2D eigenvalue weighted by molar-refractivity contribution is -0.144. The average molecular weight is 431 g/mol. The highest BCUT2D eigenvalue weighted by Crippen LogP contribution is 2.30. The Labute approximate surface area is 177 Å². The summed E-state index contributed by atoms with van der Waals surface area (Å²) in [6.45, 7) is 1.88. The van der Waals surface area contributed by atoms with Crippen LogP contribution in [0.25, 0.3) is 0 Å². The van der Waals surface area contributed by atoms with Gasteiger partial charge in [0.25, 0.3) is 0 Å². The third-order valence-corrected chi connectivity index (χ3v) is 5.90. The molecule has 158 valence electrons. The van der Waals surface area contributed by atoms with E-state index in [0.29, 0.717) is 5.03 Å². The van der Waals surface area contributed by atoms with Crippen molar-refractivity contribution in [2.45, 2.75) is 19.4 Å². The van der Waals surface area contributed by atoms with Crippen LogP contribution in [0.3, 0.4) is 0 Å². The number of rotatable bonds is 7. The zero-order chi connectivity index (χ0) is 21.8. The molecule has 1 aromatic carbocycles. The van der Waals surface area contributed by atoms with E-state index in [9.17, 15) is 24.0 Å². The Balaban J connectivity index is 1.64. The van der Waals surface area contributed by atoms with Crippen molar-refractivity contribution in [3.05, 3.63) is 47.0 Å². The predicted molar refractivity (Wildman–Crippen MR) is 108 cm³/mol. The molecule has 0 N–H and O–H groups in total. The standard InChI is InChI=1S/C20H21N3O6S/c1-13(14-7-4-3-5-8-14)23-19(27)18(26)22(20(23)28)10-6-9-21-15(24)12-30-16(21)11-17(25)29-2/h3-5,7-8,11,13H,6,9-10,12H2,1-2H3/b16-11-/t13-/m1/s1.